The van der Waals surface area contributed by atoms with Crippen molar-refractivity contribution in [1.82, 2.24) is 4.72 Å². The molecular weight excluding hydrogens is 248 g/mol. The smallest absolute Gasteiger partial charge is 0.269 e. The average molecular weight is 260 g/mol. The van der Waals surface area contributed by atoms with E-state index in [0.29, 0.717) is 0 Å². The van der Waals surface area contributed by atoms with Gasteiger partial charge in [-0.25, -0.2) is 13.1 Å². The number of hydrogen-bond acceptors (Lipinski definition) is 5. The maximum atomic E-state index is 11.7. The number of nitrogens with one attached hydrogen (secondary N) is 1. The molecule has 8 heteroatoms. The van der Waals surface area contributed by atoms with E-state index in [-0.39, 0.29) is 29.3 Å². The molecule has 0 saturated heterocycles. The van der Waals surface area contributed by atoms with Crippen LogP contribution in [0.1, 0.15) is 5.56 Å². The molecule has 0 aromatic heterocycles. The lowest BCUT2D eigenvalue weighted by Gasteiger charge is -2.07. The van der Waals surface area contributed by atoms with E-state index in [9.17, 15) is 18.5 Å². The van der Waals surface area contributed by atoms with Crippen LogP contribution in [0.3, 0.4) is 0 Å². The van der Waals surface area contributed by atoms with Crippen molar-refractivity contribution in [3.8, 4) is 0 Å². The van der Waals surface area contributed by atoms with Gasteiger partial charge in [-0.1, -0.05) is 0 Å². The highest BCUT2D eigenvalue weighted by Gasteiger charge is 2.18. The first-order chi connectivity index (χ1) is 7.88. The van der Waals surface area contributed by atoms with Gasteiger partial charge < -0.3 is 5.11 Å². The number of sulfonamides is 1. The van der Waals surface area contributed by atoms with Gasteiger partial charge in [0.15, 0.2) is 0 Å². The lowest BCUT2D eigenvalue weighted by atomic mass is 10.2. The summed E-state index contributed by atoms with van der Waals surface area (Å²) in [5.74, 6) is 0. The van der Waals surface area contributed by atoms with Crippen LogP contribution in [0.15, 0.2) is 23.1 Å². The molecular formula is C9H12N2O5S. The van der Waals surface area contributed by atoms with Crippen molar-refractivity contribution >= 4 is 15.7 Å². The van der Waals surface area contributed by atoms with Crippen molar-refractivity contribution in [3.05, 3.63) is 33.9 Å². The minimum Gasteiger partial charge on any atom is -0.395 e. The van der Waals surface area contributed by atoms with Crippen molar-refractivity contribution in [2.45, 2.75) is 11.8 Å². The van der Waals surface area contributed by atoms with Crippen LogP contribution in [-0.2, 0) is 10.0 Å². The zero-order valence-electron chi connectivity index (χ0n) is 9.08. The largest absolute Gasteiger partial charge is 0.395 e. The molecule has 0 heterocycles. The SMILES string of the molecule is Cc1cc([N+](=O)[O-])ccc1S(=O)(=O)NCCO. The Labute approximate surface area is 98.3 Å². The normalized spacial score (nSPS) is 11.4. The Morgan fingerprint density at radius 2 is 2.12 bits per heavy atom. The van der Waals surface area contributed by atoms with Gasteiger partial charge in [0.25, 0.3) is 5.69 Å². The summed E-state index contributed by atoms with van der Waals surface area (Å²) in [6, 6.07) is 3.49. The van der Waals surface area contributed by atoms with Gasteiger partial charge in [0, 0.05) is 18.7 Å². The zero-order chi connectivity index (χ0) is 13.1. The maximum absolute atomic E-state index is 11.7. The lowest BCUT2D eigenvalue weighted by molar-refractivity contribution is -0.385. The standard InChI is InChI=1S/C9H12N2O5S/c1-7-6-8(11(13)14)2-3-9(7)17(15,16)10-4-5-12/h2-3,6,10,12H,4-5H2,1H3. The molecule has 0 atom stereocenters. The summed E-state index contributed by atoms with van der Waals surface area (Å²) in [5, 5.41) is 19.0. The highest BCUT2D eigenvalue weighted by atomic mass is 32.2. The van der Waals surface area contributed by atoms with Crippen molar-refractivity contribution in [1.29, 1.82) is 0 Å². The summed E-state index contributed by atoms with van der Waals surface area (Å²) in [6.07, 6.45) is 0. The van der Waals surface area contributed by atoms with Crippen molar-refractivity contribution in [2.24, 2.45) is 0 Å². The van der Waals surface area contributed by atoms with E-state index in [1.54, 1.807) is 0 Å². The molecule has 2 N–H and O–H groups in total. The van der Waals surface area contributed by atoms with E-state index in [2.05, 4.69) is 4.72 Å². The Hall–Kier alpha value is -1.51. The molecule has 0 aliphatic rings. The molecule has 17 heavy (non-hydrogen) atoms. The van der Waals surface area contributed by atoms with Crippen molar-refractivity contribution in [3.63, 3.8) is 0 Å². The molecule has 7 nitrogen and oxygen atoms in total. The van der Waals surface area contributed by atoms with Crippen LogP contribution in [0.5, 0.6) is 0 Å². The Bertz CT molecular complexity index is 526. The first-order valence-corrected chi connectivity index (χ1v) is 6.22. The van der Waals surface area contributed by atoms with Gasteiger partial charge in [-0.05, 0) is 18.6 Å². The molecule has 0 spiro atoms. The molecule has 0 bridgehead atoms. The molecule has 0 amide bonds. The highest BCUT2D eigenvalue weighted by molar-refractivity contribution is 7.89. The van der Waals surface area contributed by atoms with Crippen LogP contribution >= 0.6 is 0 Å². The Kier molecular flexibility index (Phi) is 4.16. The summed E-state index contributed by atoms with van der Waals surface area (Å²) >= 11 is 0. The van der Waals surface area contributed by atoms with E-state index < -0.39 is 14.9 Å². The summed E-state index contributed by atoms with van der Waals surface area (Å²) < 4.78 is 25.6. The van der Waals surface area contributed by atoms with Crippen LogP contribution in [0.2, 0.25) is 0 Å². The maximum Gasteiger partial charge on any atom is 0.269 e. The van der Waals surface area contributed by atoms with E-state index >= 15 is 0 Å². The number of nitro benzene ring substituents is 1. The summed E-state index contributed by atoms with van der Waals surface area (Å²) in [7, 11) is -3.73. The van der Waals surface area contributed by atoms with Gasteiger partial charge in [0.2, 0.25) is 10.0 Å². The molecule has 0 aliphatic carbocycles. The Morgan fingerprint density at radius 1 is 1.47 bits per heavy atom. The van der Waals surface area contributed by atoms with E-state index in [1.165, 1.54) is 19.1 Å². The van der Waals surface area contributed by atoms with Crippen molar-refractivity contribution in [2.75, 3.05) is 13.2 Å². The van der Waals surface area contributed by atoms with Crippen LogP contribution in [0.4, 0.5) is 5.69 Å². The van der Waals surface area contributed by atoms with Crippen LogP contribution in [0, 0.1) is 17.0 Å². The number of hydrogen-bond donors (Lipinski definition) is 2. The first-order valence-electron chi connectivity index (χ1n) is 4.74. The van der Waals surface area contributed by atoms with Crippen LogP contribution in [-0.4, -0.2) is 31.6 Å². The second-order valence-electron chi connectivity index (χ2n) is 3.33. The van der Waals surface area contributed by atoms with Crippen LogP contribution in [0.25, 0.3) is 0 Å². The molecule has 0 radical (unpaired) electrons. The monoisotopic (exact) mass is 260 g/mol. The number of aliphatic hydroxyl groups is 1. The molecule has 0 fully saturated rings. The first kappa shape index (κ1) is 13.6. The second-order valence-corrected chi connectivity index (χ2v) is 5.06. The zero-order valence-corrected chi connectivity index (χ0v) is 9.90. The third-order valence-corrected chi connectivity index (χ3v) is 3.68. The quantitative estimate of drug-likeness (QED) is 0.579. The summed E-state index contributed by atoms with van der Waals surface area (Å²) in [5.41, 5.74) is 0.119. The number of benzene rings is 1. The van der Waals surface area contributed by atoms with Gasteiger partial charge in [-0.15, -0.1) is 0 Å². The van der Waals surface area contributed by atoms with E-state index in [0.717, 1.165) is 6.07 Å². The van der Waals surface area contributed by atoms with Crippen molar-refractivity contribution < 1.29 is 18.4 Å². The fourth-order valence-electron chi connectivity index (χ4n) is 1.31. The molecule has 1 aromatic carbocycles. The Balaban J connectivity index is 3.12. The number of non-ortho nitro benzene ring substituents is 1. The van der Waals surface area contributed by atoms with E-state index in [4.69, 9.17) is 5.11 Å². The number of nitrogens with zero attached hydrogens (tertiary/aromatic N) is 1. The van der Waals surface area contributed by atoms with Gasteiger partial charge in [0.05, 0.1) is 16.4 Å². The third-order valence-electron chi connectivity index (χ3n) is 2.06. The number of aryl methyl sites for hydroxylation is 1. The van der Waals surface area contributed by atoms with E-state index in [1.807, 2.05) is 0 Å². The fourth-order valence-corrected chi connectivity index (χ4v) is 2.55. The topological polar surface area (TPSA) is 110 Å². The molecule has 94 valence electrons. The number of rotatable bonds is 5. The molecule has 0 unspecified atom stereocenters. The second kappa shape index (κ2) is 5.21. The predicted octanol–water partition coefficient (Wildman–Crippen LogP) is 0.174. The van der Waals surface area contributed by atoms with Gasteiger partial charge in [-0.2, -0.15) is 0 Å². The summed E-state index contributed by atoms with van der Waals surface area (Å²) in [6.45, 7) is 1.06. The highest BCUT2D eigenvalue weighted by Crippen LogP contribution is 2.20. The molecule has 1 rings (SSSR count). The number of nitro groups is 1. The minimum absolute atomic E-state index is 0.0310. The third kappa shape index (κ3) is 3.22. The van der Waals surface area contributed by atoms with Gasteiger partial charge in [-0.3, -0.25) is 10.1 Å². The fraction of sp³-hybridized carbons (Fsp3) is 0.333. The average Bonchev–Trinajstić information content (AvgIpc) is 2.25. The Morgan fingerprint density at radius 3 is 2.59 bits per heavy atom. The molecule has 0 aliphatic heterocycles. The number of aliphatic hydroxyl groups excluding tert-OH is 1. The molecule has 0 saturated carbocycles. The van der Waals surface area contributed by atoms with Gasteiger partial charge in [0.1, 0.15) is 0 Å². The summed E-state index contributed by atoms with van der Waals surface area (Å²) in [4.78, 5) is 9.87. The lowest BCUT2D eigenvalue weighted by Crippen LogP contribution is -2.27. The predicted molar refractivity (Wildman–Crippen MR) is 60.1 cm³/mol. The molecule has 1 aromatic rings. The van der Waals surface area contributed by atoms with Crippen LogP contribution < -0.4 is 4.72 Å². The van der Waals surface area contributed by atoms with Gasteiger partial charge >= 0.3 is 0 Å². The minimum atomic E-state index is -3.73.